The molecule has 3 rings (SSSR count). The van der Waals surface area contributed by atoms with Crippen LogP contribution in [0.15, 0.2) is 35.2 Å². The zero-order valence-electron chi connectivity index (χ0n) is 12.0. The van der Waals surface area contributed by atoms with Crippen LogP contribution in [0.3, 0.4) is 0 Å². The predicted molar refractivity (Wildman–Crippen MR) is 91.5 cm³/mol. The van der Waals surface area contributed by atoms with Crippen LogP contribution < -0.4 is 5.32 Å². The summed E-state index contributed by atoms with van der Waals surface area (Å²) in [4.78, 5) is 12.3. The summed E-state index contributed by atoms with van der Waals surface area (Å²) in [5.74, 6) is -0.452. The quantitative estimate of drug-likeness (QED) is 0.672. The number of carbonyl (C=O) groups excluding carboxylic acids is 1. The summed E-state index contributed by atoms with van der Waals surface area (Å²) >= 11 is 6.24. The summed E-state index contributed by atoms with van der Waals surface area (Å²) in [6.45, 7) is 3.90. The first kappa shape index (κ1) is 15.0. The molecule has 2 aromatic rings. The zero-order chi connectivity index (χ0) is 15.9. The van der Waals surface area contributed by atoms with E-state index < -0.39 is 0 Å². The molecule has 1 aromatic heterocycles. The van der Waals surface area contributed by atoms with Crippen LogP contribution in [0.5, 0.6) is 0 Å². The molecule has 0 saturated carbocycles. The minimum absolute atomic E-state index is 0.175. The first-order valence-electron chi connectivity index (χ1n) is 6.65. The lowest BCUT2D eigenvalue weighted by Crippen LogP contribution is -2.17. The van der Waals surface area contributed by atoms with Crippen molar-refractivity contribution in [2.75, 3.05) is 0 Å². The molecule has 1 fully saturated rings. The third-order valence-electron chi connectivity index (χ3n) is 3.47. The van der Waals surface area contributed by atoms with Gasteiger partial charge in [-0.2, -0.15) is 0 Å². The lowest BCUT2D eigenvalue weighted by atomic mass is 10.2. The van der Waals surface area contributed by atoms with Crippen molar-refractivity contribution in [2.45, 2.75) is 13.8 Å². The summed E-state index contributed by atoms with van der Waals surface area (Å²) in [5.41, 5.74) is 3.60. The fraction of sp³-hybridized carbons (Fsp3) is 0.125. The van der Waals surface area contributed by atoms with E-state index in [4.69, 9.17) is 12.2 Å². The van der Waals surface area contributed by atoms with Crippen molar-refractivity contribution in [2.24, 2.45) is 0 Å². The number of benzene rings is 1. The Labute approximate surface area is 137 Å². The number of rotatable bonds is 2. The fourth-order valence-electron chi connectivity index (χ4n) is 2.51. The van der Waals surface area contributed by atoms with Crippen molar-refractivity contribution in [1.29, 1.82) is 0 Å². The number of thiocarbonyl (C=S) groups is 1. The van der Waals surface area contributed by atoms with E-state index in [9.17, 15) is 9.18 Å². The van der Waals surface area contributed by atoms with Gasteiger partial charge in [-0.05, 0) is 49.8 Å². The van der Waals surface area contributed by atoms with Crippen LogP contribution in [-0.2, 0) is 4.79 Å². The van der Waals surface area contributed by atoms with Crippen molar-refractivity contribution >= 4 is 40.3 Å². The summed E-state index contributed by atoms with van der Waals surface area (Å²) in [7, 11) is 0. The van der Waals surface area contributed by atoms with E-state index in [1.807, 2.05) is 36.6 Å². The molecule has 0 atom stereocenters. The smallest absolute Gasteiger partial charge is 0.263 e. The Balaban J connectivity index is 2.06. The second kappa shape index (κ2) is 5.70. The van der Waals surface area contributed by atoms with Crippen molar-refractivity contribution in [3.05, 3.63) is 58.0 Å². The summed E-state index contributed by atoms with van der Waals surface area (Å²) in [5, 5.41) is 2.60. The third kappa shape index (κ3) is 2.71. The summed E-state index contributed by atoms with van der Waals surface area (Å²) in [6.07, 6.45) is 1.82. The van der Waals surface area contributed by atoms with Gasteiger partial charge in [0.2, 0.25) is 0 Å². The van der Waals surface area contributed by atoms with Crippen LogP contribution in [0.2, 0.25) is 0 Å². The Bertz CT molecular complexity index is 824. The van der Waals surface area contributed by atoms with Crippen molar-refractivity contribution in [3.8, 4) is 5.69 Å². The maximum atomic E-state index is 13.4. The van der Waals surface area contributed by atoms with Crippen LogP contribution in [0, 0.1) is 19.7 Å². The first-order chi connectivity index (χ1) is 10.5. The van der Waals surface area contributed by atoms with Gasteiger partial charge < -0.3 is 9.88 Å². The fourth-order valence-corrected chi connectivity index (χ4v) is 3.54. The Morgan fingerprint density at radius 2 is 2.09 bits per heavy atom. The minimum atomic E-state index is -0.277. The number of aryl methyl sites for hydroxylation is 1. The first-order valence-corrected chi connectivity index (χ1v) is 7.88. The molecule has 1 aromatic carbocycles. The Morgan fingerprint density at radius 1 is 1.32 bits per heavy atom. The van der Waals surface area contributed by atoms with Gasteiger partial charge in [0.1, 0.15) is 10.1 Å². The van der Waals surface area contributed by atoms with Gasteiger partial charge in [0.15, 0.2) is 0 Å². The third-order valence-corrected chi connectivity index (χ3v) is 4.63. The maximum Gasteiger partial charge on any atom is 0.263 e. The van der Waals surface area contributed by atoms with Gasteiger partial charge in [0.05, 0.1) is 4.91 Å². The SMILES string of the molecule is Cc1cc(/C=C2/SC(=S)NC2=O)c(C)n1-c1cccc(F)c1. The number of hydrogen-bond acceptors (Lipinski definition) is 3. The van der Waals surface area contributed by atoms with E-state index in [-0.39, 0.29) is 11.7 Å². The molecule has 1 amide bonds. The van der Waals surface area contributed by atoms with Crippen LogP contribution in [0.4, 0.5) is 4.39 Å². The molecule has 0 aliphatic carbocycles. The molecule has 112 valence electrons. The number of halogens is 1. The van der Waals surface area contributed by atoms with E-state index in [0.29, 0.717) is 9.23 Å². The molecule has 3 nitrogen and oxygen atoms in total. The minimum Gasteiger partial charge on any atom is -0.318 e. The van der Waals surface area contributed by atoms with E-state index in [1.165, 1.54) is 23.9 Å². The number of amides is 1. The highest BCUT2D eigenvalue weighted by atomic mass is 32.2. The van der Waals surface area contributed by atoms with Crippen LogP contribution in [-0.4, -0.2) is 14.8 Å². The predicted octanol–water partition coefficient (Wildman–Crippen LogP) is 3.72. The molecular weight excluding hydrogens is 319 g/mol. The van der Waals surface area contributed by atoms with E-state index >= 15 is 0 Å². The normalized spacial score (nSPS) is 16.4. The monoisotopic (exact) mass is 332 g/mol. The van der Waals surface area contributed by atoms with Crippen LogP contribution in [0.25, 0.3) is 11.8 Å². The largest absolute Gasteiger partial charge is 0.318 e. The Kier molecular flexibility index (Phi) is 3.88. The topological polar surface area (TPSA) is 34.0 Å². The number of nitrogens with zero attached hydrogens (tertiary/aromatic N) is 1. The van der Waals surface area contributed by atoms with Crippen molar-refractivity contribution in [1.82, 2.24) is 9.88 Å². The average molecular weight is 332 g/mol. The lowest BCUT2D eigenvalue weighted by Gasteiger charge is -2.09. The van der Waals surface area contributed by atoms with Gasteiger partial charge in [-0.25, -0.2) is 4.39 Å². The molecule has 0 unspecified atom stereocenters. The van der Waals surface area contributed by atoms with Crippen molar-refractivity contribution < 1.29 is 9.18 Å². The van der Waals surface area contributed by atoms with Gasteiger partial charge in [0, 0.05) is 17.1 Å². The molecule has 2 heterocycles. The highest BCUT2D eigenvalue weighted by molar-refractivity contribution is 8.26. The van der Waals surface area contributed by atoms with E-state index in [1.54, 1.807) is 6.07 Å². The Morgan fingerprint density at radius 3 is 2.73 bits per heavy atom. The maximum absolute atomic E-state index is 13.4. The molecular formula is C16H13FN2OS2. The number of thioether (sulfide) groups is 1. The Hall–Kier alpha value is -1.92. The van der Waals surface area contributed by atoms with Gasteiger partial charge in [-0.15, -0.1) is 0 Å². The van der Waals surface area contributed by atoms with Gasteiger partial charge in [0.25, 0.3) is 5.91 Å². The standard InChI is InChI=1S/C16H13FN2OS2/c1-9-6-11(7-14-15(20)18-16(21)22-14)10(2)19(9)13-5-3-4-12(17)8-13/h3-8H,1-2H3,(H,18,20,21)/b14-7+. The molecule has 6 heteroatoms. The van der Waals surface area contributed by atoms with E-state index in [0.717, 1.165) is 22.6 Å². The molecule has 1 aliphatic rings. The number of nitrogens with one attached hydrogen (secondary N) is 1. The molecule has 22 heavy (non-hydrogen) atoms. The molecule has 0 radical (unpaired) electrons. The number of carbonyl (C=O) groups is 1. The number of hydrogen-bond donors (Lipinski definition) is 1. The van der Waals surface area contributed by atoms with Crippen LogP contribution in [0.1, 0.15) is 17.0 Å². The molecule has 0 bridgehead atoms. The molecule has 0 spiro atoms. The van der Waals surface area contributed by atoms with Gasteiger partial charge >= 0.3 is 0 Å². The number of aromatic nitrogens is 1. The highest BCUT2D eigenvalue weighted by Gasteiger charge is 2.23. The van der Waals surface area contributed by atoms with E-state index in [2.05, 4.69) is 5.32 Å². The van der Waals surface area contributed by atoms with Gasteiger partial charge in [-0.3, -0.25) is 4.79 Å². The average Bonchev–Trinajstić information content (AvgIpc) is 2.90. The molecule has 1 N–H and O–H groups in total. The highest BCUT2D eigenvalue weighted by Crippen LogP contribution is 2.29. The summed E-state index contributed by atoms with van der Waals surface area (Å²) in [6, 6.07) is 8.42. The van der Waals surface area contributed by atoms with Crippen molar-refractivity contribution in [3.63, 3.8) is 0 Å². The van der Waals surface area contributed by atoms with Gasteiger partial charge in [-0.1, -0.05) is 30.0 Å². The van der Waals surface area contributed by atoms with Crippen LogP contribution >= 0.6 is 24.0 Å². The summed E-state index contributed by atoms with van der Waals surface area (Å²) < 4.78 is 15.9. The zero-order valence-corrected chi connectivity index (χ0v) is 13.6. The molecule has 1 aliphatic heterocycles. The second-order valence-electron chi connectivity index (χ2n) is 4.99. The second-order valence-corrected chi connectivity index (χ2v) is 6.71. The lowest BCUT2D eigenvalue weighted by molar-refractivity contribution is -0.115. The molecule has 1 saturated heterocycles.